The van der Waals surface area contributed by atoms with Crippen molar-refractivity contribution in [2.24, 2.45) is 0 Å². The van der Waals surface area contributed by atoms with Crippen molar-refractivity contribution < 1.29 is 0 Å². The predicted octanol–water partition coefficient (Wildman–Crippen LogP) is 4.63. The predicted molar refractivity (Wildman–Crippen MR) is 78.5 cm³/mol. The standard InChI is InChI=1S/C14H9BrN2S/c15-11-8-16-9-17-14(11)13-7-6-12(18-13)10-4-2-1-3-5-10/h1-9H. The maximum Gasteiger partial charge on any atom is 0.116 e. The summed E-state index contributed by atoms with van der Waals surface area (Å²) < 4.78 is 0.923. The lowest BCUT2D eigenvalue weighted by Crippen LogP contribution is -1.82. The Morgan fingerprint density at radius 3 is 2.50 bits per heavy atom. The fourth-order valence-electron chi connectivity index (χ4n) is 1.72. The molecule has 2 aromatic heterocycles. The Bertz CT molecular complexity index is 664. The van der Waals surface area contributed by atoms with Gasteiger partial charge in [-0.05, 0) is 33.6 Å². The van der Waals surface area contributed by atoms with Crippen molar-refractivity contribution in [1.82, 2.24) is 9.97 Å². The van der Waals surface area contributed by atoms with Gasteiger partial charge in [0, 0.05) is 11.1 Å². The van der Waals surface area contributed by atoms with Crippen molar-refractivity contribution in [3.05, 3.63) is 59.5 Å². The van der Waals surface area contributed by atoms with Crippen molar-refractivity contribution in [3.63, 3.8) is 0 Å². The normalized spacial score (nSPS) is 10.5. The lowest BCUT2D eigenvalue weighted by molar-refractivity contribution is 1.16. The summed E-state index contributed by atoms with van der Waals surface area (Å²) in [5.74, 6) is 0. The van der Waals surface area contributed by atoms with E-state index in [4.69, 9.17) is 0 Å². The SMILES string of the molecule is Brc1cncnc1-c1ccc(-c2ccccc2)s1. The van der Waals surface area contributed by atoms with Crippen LogP contribution in [0.4, 0.5) is 0 Å². The zero-order valence-corrected chi connectivity index (χ0v) is 11.8. The molecule has 88 valence electrons. The summed E-state index contributed by atoms with van der Waals surface area (Å²) in [5.41, 5.74) is 2.18. The number of aromatic nitrogens is 2. The molecule has 2 heterocycles. The third-order valence-corrected chi connectivity index (χ3v) is 4.29. The van der Waals surface area contributed by atoms with Crippen LogP contribution >= 0.6 is 27.3 Å². The van der Waals surface area contributed by atoms with Crippen LogP contribution in [-0.4, -0.2) is 9.97 Å². The molecule has 0 saturated heterocycles. The molecule has 0 radical (unpaired) electrons. The third-order valence-electron chi connectivity index (χ3n) is 2.57. The number of rotatable bonds is 2. The van der Waals surface area contributed by atoms with E-state index in [0.29, 0.717) is 0 Å². The van der Waals surface area contributed by atoms with Crippen LogP contribution in [0.5, 0.6) is 0 Å². The Hall–Kier alpha value is -1.52. The van der Waals surface area contributed by atoms with Gasteiger partial charge in [-0.15, -0.1) is 11.3 Å². The minimum absolute atomic E-state index is 0.923. The van der Waals surface area contributed by atoms with Crippen LogP contribution < -0.4 is 0 Å². The topological polar surface area (TPSA) is 25.8 Å². The smallest absolute Gasteiger partial charge is 0.116 e. The molecule has 4 heteroatoms. The minimum Gasteiger partial charge on any atom is -0.244 e. The monoisotopic (exact) mass is 316 g/mol. The van der Waals surface area contributed by atoms with Crippen molar-refractivity contribution in [2.45, 2.75) is 0 Å². The molecular weight excluding hydrogens is 308 g/mol. The van der Waals surface area contributed by atoms with Crippen molar-refractivity contribution >= 4 is 27.3 Å². The molecule has 18 heavy (non-hydrogen) atoms. The second kappa shape index (κ2) is 5.00. The lowest BCUT2D eigenvalue weighted by atomic mass is 10.2. The Balaban J connectivity index is 2.03. The molecule has 0 atom stereocenters. The second-order valence-corrected chi connectivity index (χ2v) is 5.69. The van der Waals surface area contributed by atoms with E-state index in [1.165, 1.54) is 10.4 Å². The quantitative estimate of drug-likeness (QED) is 0.688. The van der Waals surface area contributed by atoms with Crippen LogP contribution in [0.1, 0.15) is 0 Å². The average Bonchev–Trinajstić information content (AvgIpc) is 2.90. The Labute approximate surface area is 117 Å². The van der Waals surface area contributed by atoms with E-state index in [0.717, 1.165) is 15.0 Å². The summed E-state index contributed by atoms with van der Waals surface area (Å²) in [6, 6.07) is 14.6. The number of benzene rings is 1. The Morgan fingerprint density at radius 2 is 1.72 bits per heavy atom. The van der Waals surface area contributed by atoms with E-state index < -0.39 is 0 Å². The number of nitrogens with zero attached hydrogens (tertiary/aromatic N) is 2. The van der Waals surface area contributed by atoms with Crippen molar-refractivity contribution in [1.29, 1.82) is 0 Å². The molecule has 0 aliphatic heterocycles. The first kappa shape index (κ1) is 11.6. The van der Waals surface area contributed by atoms with E-state index in [1.807, 2.05) is 6.07 Å². The van der Waals surface area contributed by atoms with E-state index in [-0.39, 0.29) is 0 Å². The van der Waals surface area contributed by atoms with E-state index in [1.54, 1.807) is 23.9 Å². The molecule has 3 rings (SSSR count). The van der Waals surface area contributed by atoms with Gasteiger partial charge in [-0.1, -0.05) is 30.3 Å². The van der Waals surface area contributed by atoms with Gasteiger partial charge in [0.2, 0.25) is 0 Å². The fraction of sp³-hybridized carbons (Fsp3) is 0. The van der Waals surface area contributed by atoms with Gasteiger partial charge in [0.15, 0.2) is 0 Å². The summed E-state index contributed by atoms with van der Waals surface area (Å²) in [7, 11) is 0. The van der Waals surface area contributed by atoms with E-state index in [9.17, 15) is 0 Å². The van der Waals surface area contributed by atoms with Gasteiger partial charge in [-0.2, -0.15) is 0 Å². The van der Waals surface area contributed by atoms with Gasteiger partial charge in [0.1, 0.15) is 6.33 Å². The summed E-state index contributed by atoms with van der Waals surface area (Å²) >= 11 is 5.21. The molecule has 1 aromatic carbocycles. The van der Waals surface area contributed by atoms with E-state index >= 15 is 0 Å². The molecule has 0 saturated carbocycles. The molecular formula is C14H9BrN2S. The van der Waals surface area contributed by atoms with Gasteiger partial charge in [0.25, 0.3) is 0 Å². The van der Waals surface area contributed by atoms with Crippen LogP contribution in [0.3, 0.4) is 0 Å². The molecule has 0 amide bonds. The lowest BCUT2D eigenvalue weighted by Gasteiger charge is -1.98. The van der Waals surface area contributed by atoms with Crippen LogP contribution in [0.2, 0.25) is 0 Å². The van der Waals surface area contributed by atoms with Crippen LogP contribution in [-0.2, 0) is 0 Å². The van der Waals surface area contributed by atoms with E-state index in [2.05, 4.69) is 62.3 Å². The highest BCUT2D eigenvalue weighted by molar-refractivity contribution is 9.10. The molecule has 0 aliphatic rings. The first-order valence-electron chi connectivity index (χ1n) is 5.46. The van der Waals surface area contributed by atoms with Crippen molar-refractivity contribution in [2.75, 3.05) is 0 Å². The summed E-state index contributed by atoms with van der Waals surface area (Å²) in [4.78, 5) is 10.7. The highest BCUT2D eigenvalue weighted by Gasteiger charge is 2.08. The summed E-state index contributed by atoms with van der Waals surface area (Å²) in [6.07, 6.45) is 3.34. The molecule has 0 aliphatic carbocycles. The maximum absolute atomic E-state index is 4.31. The molecule has 0 fully saturated rings. The van der Waals surface area contributed by atoms with Crippen LogP contribution in [0, 0.1) is 0 Å². The number of halogens is 1. The Kier molecular flexibility index (Phi) is 3.21. The van der Waals surface area contributed by atoms with Crippen molar-refractivity contribution in [3.8, 4) is 21.0 Å². The zero-order chi connectivity index (χ0) is 12.4. The zero-order valence-electron chi connectivity index (χ0n) is 9.38. The molecule has 0 N–H and O–H groups in total. The minimum atomic E-state index is 0.923. The number of thiophene rings is 1. The van der Waals surface area contributed by atoms with Gasteiger partial charge < -0.3 is 0 Å². The maximum atomic E-state index is 4.31. The molecule has 3 aromatic rings. The van der Waals surface area contributed by atoms with Crippen LogP contribution in [0.25, 0.3) is 21.0 Å². The molecule has 0 bridgehead atoms. The average molecular weight is 317 g/mol. The molecule has 0 unspecified atom stereocenters. The number of hydrogen-bond acceptors (Lipinski definition) is 3. The Morgan fingerprint density at radius 1 is 0.944 bits per heavy atom. The summed E-state index contributed by atoms with van der Waals surface area (Å²) in [6.45, 7) is 0. The molecule has 0 spiro atoms. The summed E-state index contributed by atoms with van der Waals surface area (Å²) in [5, 5.41) is 0. The highest BCUT2D eigenvalue weighted by Crippen LogP contribution is 2.35. The fourth-order valence-corrected chi connectivity index (χ4v) is 3.30. The van der Waals surface area contributed by atoms with Gasteiger partial charge in [-0.25, -0.2) is 9.97 Å². The largest absolute Gasteiger partial charge is 0.244 e. The first-order valence-corrected chi connectivity index (χ1v) is 7.06. The third kappa shape index (κ3) is 2.21. The first-order chi connectivity index (χ1) is 8.84. The highest BCUT2D eigenvalue weighted by atomic mass is 79.9. The van der Waals surface area contributed by atoms with Gasteiger partial charge >= 0.3 is 0 Å². The van der Waals surface area contributed by atoms with Gasteiger partial charge in [-0.3, -0.25) is 0 Å². The number of hydrogen-bond donors (Lipinski definition) is 0. The molecule has 2 nitrogen and oxygen atoms in total. The van der Waals surface area contributed by atoms with Gasteiger partial charge in [0.05, 0.1) is 15.0 Å². The van der Waals surface area contributed by atoms with Crippen LogP contribution in [0.15, 0.2) is 59.5 Å². The second-order valence-electron chi connectivity index (χ2n) is 3.75.